The van der Waals surface area contributed by atoms with Gasteiger partial charge in [0.2, 0.25) is 0 Å². The van der Waals surface area contributed by atoms with Crippen LogP contribution in [-0.4, -0.2) is 30.5 Å². The van der Waals surface area contributed by atoms with Crippen LogP contribution in [0.1, 0.15) is 0 Å². The zero-order chi connectivity index (χ0) is 15.0. The lowest BCUT2D eigenvalue weighted by Gasteiger charge is -2.21. The summed E-state index contributed by atoms with van der Waals surface area (Å²) in [5.74, 6) is 0.376. The molecular weight excluding hydrogens is 339 g/mol. The van der Waals surface area contributed by atoms with Crippen LogP contribution in [0, 0.1) is 0 Å². The number of anilines is 1. The van der Waals surface area contributed by atoms with Gasteiger partial charge < -0.3 is 0 Å². The molecule has 8 nitrogen and oxygen atoms in total. The molecule has 0 unspecified atom stereocenters. The molecule has 0 saturated heterocycles. The average Bonchev–Trinajstić information content (AvgIpc) is 2.88. The molecule has 0 saturated carbocycles. The molecule has 0 aliphatic carbocycles. The van der Waals surface area contributed by atoms with E-state index in [4.69, 9.17) is 23.2 Å². The second kappa shape index (κ2) is 5.19. The molecule has 0 spiro atoms. The highest BCUT2D eigenvalue weighted by Crippen LogP contribution is 2.31. The smallest absolute Gasteiger partial charge is 0.262 e. The van der Waals surface area contributed by atoms with E-state index in [2.05, 4.69) is 20.2 Å². The third kappa shape index (κ3) is 2.68. The number of hydrogen-bond donors (Lipinski definition) is 2. The highest BCUT2D eigenvalue weighted by Gasteiger charge is 2.30. The predicted molar refractivity (Wildman–Crippen MR) is 80.9 cm³/mol. The van der Waals surface area contributed by atoms with Crippen molar-refractivity contribution in [3.63, 3.8) is 0 Å². The number of nitrogens with one attached hydrogen (secondary N) is 2. The van der Waals surface area contributed by atoms with E-state index in [-0.39, 0.29) is 15.7 Å². The Hall–Kier alpha value is -1.81. The minimum atomic E-state index is -3.97. The molecule has 11 heteroatoms. The summed E-state index contributed by atoms with van der Waals surface area (Å²) in [6.45, 7) is 0. The summed E-state index contributed by atoms with van der Waals surface area (Å²) in [6, 6.07) is 4.67. The Bertz CT molecular complexity index is 756. The molecule has 0 fully saturated rings. The number of rotatable bonds is 3. The topological polar surface area (TPSA) is 89.4 Å². The molecule has 2 heterocycles. The Morgan fingerprint density at radius 2 is 1.95 bits per heavy atom. The molecule has 21 heavy (non-hydrogen) atoms. The summed E-state index contributed by atoms with van der Waals surface area (Å²) >= 11 is 11.9. The molecular formula is C10H8Cl2N6O2S. The second-order valence-corrected chi connectivity index (χ2v) is 6.33. The third-order valence-electron chi connectivity index (χ3n) is 2.58. The maximum atomic E-state index is 12.3. The summed E-state index contributed by atoms with van der Waals surface area (Å²) in [4.78, 5) is 7.68. The van der Waals surface area contributed by atoms with Crippen LogP contribution in [0.15, 0.2) is 40.2 Å². The number of hydrogen-bond acceptors (Lipinski definition) is 6. The monoisotopic (exact) mass is 346 g/mol. The maximum absolute atomic E-state index is 12.3. The van der Waals surface area contributed by atoms with Gasteiger partial charge in [0, 0.05) is 0 Å². The first-order valence-electron chi connectivity index (χ1n) is 5.57. The fraction of sp³-hybridized carbons (Fsp3) is 0. The highest BCUT2D eigenvalue weighted by molar-refractivity contribution is 7.90. The van der Waals surface area contributed by atoms with E-state index in [1.807, 2.05) is 0 Å². The van der Waals surface area contributed by atoms with E-state index in [0.29, 0.717) is 5.82 Å². The van der Waals surface area contributed by atoms with Gasteiger partial charge in [-0.05, 0) is 12.1 Å². The minimum absolute atomic E-state index is 0.100. The van der Waals surface area contributed by atoms with Crippen molar-refractivity contribution in [1.29, 1.82) is 0 Å². The third-order valence-corrected chi connectivity index (χ3v) is 4.37. The van der Waals surface area contributed by atoms with Crippen molar-refractivity contribution in [2.75, 3.05) is 4.72 Å². The number of halogens is 2. The van der Waals surface area contributed by atoms with Gasteiger partial charge in [0.1, 0.15) is 12.7 Å². The fourth-order valence-corrected chi connectivity index (χ4v) is 3.23. The molecule has 110 valence electrons. The van der Waals surface area contributed by atoms with Gasteiger partial charge in [-0.25, -0.2) is 15.0 Å². The largest absolute Gasteiger partial charge is 0.338 e. The van der Waals surface area contributed by atoms with Gasteiger partial charge in [0.15, 0.2) is 5.82 Å². The van der Waals surface area contributed by atoms with Gasteiger partial charge in [-0.1, -0.05) is 29.3 Å². The lowest BCUT2D eigenvalue weighted by molar-refractivity contribution is 0.285. The number of hydrazine groups is 2. The standard InChI is InChI=1S/C10H8Cl2N6O2S/c11-7-2-1-3-8(12)10(7)15-21(19,20)18-4-9-14-5-13-6-17(9)16-18/h1-6,15-16H. The van der Waals surface area contributed by atoms with Crippen LogP contribution < -0.4 is 10.3 Å². The van der Waals surface area contributed by atoms with Crippen LogP contribution in [0.2, 0.25) is 10.0 Å². The number of para-hydroxylation sites is 1. The van der Waals surface area contributed by atoms with Crippen LogP contribution in [0.5, 0.6) is 0 Å². The van der Waals surface area contributed by atoms with Crippen molar-refractivity contribution in [3.05, 3.63) is 40.3 Å². The lowest BCUT2D eigenvalue weighted by Crippen LogP contribution is -2.45. The van der Waals surface area contributed by atoms with Crippen LogP contribution >= 0.6 is 23.2 Å². The Kier molecular flexibility index (Phi) is 3.49. The normalized spacial score (nSPS) is 17.0. The Labute approximate surface area is 130 Å². The van der Waals surface area contributed by atoms with Crippen molar-refractivity contribution in [2.45, 2.75) is 0 Å². The summed E-state index contributed by atoms with van der Waals surface area (Å²) in [5.41, 5.74) is 2.67. The molecule has 0 atom stereocenters. The van der Waals surface area contributed by atoms with Gasteiger partial charge >= 0.3 is 10.2 Å². The fourth-order valence-electron chi connectivity index (χ4n) is 1.62. The molecule has 0 amide bonds. The van der Waals surface area contributed by atoms with Crippen molar-refractivity contribution >= 4 is 51.8 Å². The quantitative estimate of drug-likeness (QED) is 0.868. The van der Waals surface area contributed by atoms with E-state index < -0.39 is 10.2 Å². The predicted octanol–water partition coefficient (Wildman–Crippen LogP) is 1.56. The van der Waals surface area contributed by atoms with Crippen LogP contribution in [0.4, 0.5) is 5.69 Å². The summed E-state index contributed by atoms with van der Waals surface area (Å²) < 4.78 is 27.8. The average molecular weight is 347 g/mol. The minimum Gasteiger partial charge on any atom is -0.262 e. The lowest BCUT2D eigenvalue weighted by atomic mass is 10.3. The SMILES string of the molecule is O=S(=O)(Nc1c(Cl)cccc1Cl)N1C=C2N=CN=CN2N1. The van der Waals surface area contributed by atoms with E-state index in [9.17, 15) is 8.42 Å². The first-order chi connectivity index (χ1) is 9.97. The van der Waals surface area contributed by atoms with Crippen molar-refractivity contribution < 1.29 is 8.42 Å². The number of benzene rings is 1. The van der Waals surface area contributed by atoms with Crippen molar-refractivity contribution in [2.24, 2.45) is 9.98 Å². The van der Waals surface area contributed by atoms with E-state index in [1.165, 1.54) is 36.0 Å². The van der Waals surface area contributed by atoms with Gasteiger partial charge in [-0.2, -0.15) is 12.8 Å². The summed E-state index contributed by atoms with van der Waals surface area (Å²) in [5, 5.41) is 1.72. The number of nitrogens with zero attached hydrogens (tertiary/aromatic N) is 4. The zero-order valence-electron chi connectivity index (χ0n) is 10.2. The van der Waals surface area contributed by atoms with Crippen molar-refractivity contribution in [3.8, 4) is 0 Å². The highest BCUT2D eigenvalue weighted by atomic mass is 35.5. The number of aliphatic imine (C=N–C) groups is 2. The number of fused-ring (bicyclic) bond motifs is 1. The van der Waals surface area contributed by atoms with Gasteiger partial charge in [0.25, 0.3) is 0 Å². The van der Waals surface area contributed by atoms with E-state index >= 15 is 0 Å². The first kappa shape index (κ1) is 14.1. The second-order valence-electron chi connectivity index (χ2n) is 3.97. The zero-order valence-corrected chi connectivity index (χ0v) is 12.6. The Morgan fingerprint density at radius 1 is 1.24 bits per heavy atom. The first-order valence-corrected chi connectivity index (χ1v) is 7.76. The Balaban J connectivity index is 1.87. The Morgan fingerprint density at radius 3 is 2.62 bits per heavy atom. The molecule has 1 aromatic rings. The van der Waals surface area contributed by atoms with Gasteiger partial charge in [0.05, 0.1) is 21.9 Å². The molecule has 2 aliphatic heterocycles. The molecule has 3 rings (SSSR count). The molecule has 1 aromatic carbocycles. The van der Waals surface area contributed by atoms with E-state index in [1.54, 1.807) is 6.07 Å². The van der Waals surface area contributed by atoms with Gasteiger partial charge in [-0.15, -0.1) is 5.53 Å². The molecule has 2 aliphatic rings. The van der Waals surface area contributed by atoms with Crippen LogP contribution in [0.25, 0.3) is 0 Å². The van der Waals surface area contributed by atoms with Crippen molar-refractivity contribution in [1.82, 2.24) is 15.0 Å². The molecule has 0 radical (unpaired) electrons. The summed E-state index contributed by atoms with van der Waals surface area (Å²) in [7, 11) is -3.97. The summed E-state index contributed by atoms with van der Waals surface area (Å²) in [6.07, 6.45) is 3.98. The van der Waals surface area contributed by atoms with E-state index in [0.717, 1.165) is 4.41 Å². The molecule has 0 bridgehead atoms. The molecule has 0 aromatic heterocycles. The maximum Gasteiger partial charge on any atom is 0.338 e. The van der Waals surface area contributed by atoms with Crippen LogP contribution in [-0.2, 0) is 10.2 Å². The van der Waals surface area contributed by atoms with Crippen LogP contribution in [0.3, 0.4) is 0 Å². The van der Waals surface area contributed by atoms with Gasteiger partial charge in [-0.3, -0.25) is 4.72 Å². The molecule has 2 N–H and O–H groups in total.